The molecule has 2 amide bonds. The molecule has 230 valence electrons. The van der Waals surface area contributed by atoms with Gasteiger partial charge in [-0.3, -0.25) is 19.3 Å². The number of aromatic nitrogens is 2. The highest BCUT2D eigenvalue weighted by Crippen LogP contribution is 2.20. The van der Waals surface area contributed by atoms with Gasteiger partial charge in [-0.15, -0.1) is 0 Å². The number of carbonyl (C=O) groups is 3. The van der Waals surface area contributed by atoms with Gasteiger partial charge in [0.05, 0.1) is 13.0 Å². The SMILES string of the molecule is CCCCCNc1nc(N)nc(C)c1CCCN(Cc1cccc(CC(=O)O)c1)C(=O)CN1CCCN(C(C)=O)CC1. The molecule has 1 aromatic heterocycles. The number of nitrogen functional groups attached to an aromatic ring is 1. The summed E-state index contributed by atoms with van der Waals surface area (Å²) in [4.78, 5) is 51.4. The van der Waals surface area contributed by atoms with Crippen molar-refractivity contribution >= 4 is 29.5 Å². The number of carboxylic acid groups (broad SMARTS) is 1. The Morgan fingerprint density at radius 1 is 1.07 bits per heavy atom. The van der Waals surface area contributed by atoms with Crippen LogP contribution in [0.4, 0.5) is 11.8 Å². The third-order valence-corrected chi connectivity index (χ3v) is 7.62. The van der Waals surface area contributed by atoms with Crippen molar-refractivity contribution in [1.29, 1.82) is 0 Å². The van der Waals surface area contributed by atoms with Crippen molar-refractivity contribution in [3.63, 3.8) is 0 Å². The smallest absolute Gasteiger partial charge is 0.307 e. The molecule has 1 aliphatic rings. The topological polar surface area (TPSA) is 145 Å². The molecule has 0 atom stereocenters. The first-order chi connectivity index (χ1) is 20.2. The Balaban J connectivity index is 1.72. The monoisotopic (exact) mass is 581 g/mol. The molecule has 11 heteroatoms. The van der Waals surface area contributed by atoms with E-state index in [-0.39, 0.29) is 30.7 Å². The van der Waals surface area contributed by atoms with Gasteiger partial charge >= 0.3 is 5.97 Å². The maximum Gasteiger partial charge on any atom is 0.307 e. The quantitative estimate of drug-likeness (QED) is 0.270. The van der Waals surface area contributed by atoms with Crippen LogP contribution in [-0.4, -0.2) is 93.4 Å². The lowest BCUT2D eigenvalue weighted by Gasteiger charge is -2.27. The summed E-state index contributed by atoms with van der Waals surface area (Å²) in [5.74, 6) is 0.189. The van der Waals surface area contributed by atoms with Crippen LogP contribution in [0, 0.1) is 6.92 Å². The summed E-state index contributed by atoms with van der Waals surface area (Å²) < 4.78 is 0. The summed E-state index contributed by atoms with van der Waals surface area (Å²) in [7, 11) is 0. The third kappa shape index (κ3) is 10.6. The van der Waals surface area contributed by atoms with E-state index in [1.54, 1.807) is 13.0 Å². The average Bonchev–Trinajstić information content (AvgIpc) is 3.17. The molecular formula is C31H47N7O4. The van der Waals surface area contributed by atoms with E-state index in [4.69, 9.17) is 5.73 Å². The molecule has 0 bridgehead atoms. The van der Waals surface area contributed by atoms with Gasteiger partial charge in [0.2, 0.25) is 17.8 Å². The van der Waals surface area contributed by atoms with E-state index in [0.29, 0.717) is 51.1 Å². The van der Waals surface area contributed by atoms with Gasteiger partial charge in [-0.25, -0.2) is 4.98 Å². The fourth-order valence-corrected chi connectivity index (χ4v) is 5.35. The number of unbranched alkanes of at least 4 members (excludes halogenated alkanes) is 2. The second-order valence-electron chi connectivity index (χ2n) is 11.1. The Labute approximate surface area is 249 Å². The molecule has 3 rings (SSSR count). The number of anilines is 2. The molecule has 0 aliphatic carbocycles. The van der Waals surface area contributed by atoms with E-state index in [0.717, 1.165) is 61.4 Å². The number of nitrogens with two attached hydrogens (primary N) is 1. The van der Waals surface area contributed by atoms with Crippen LogP contribution in [0.5, 0.6) is 0 Å². The molecule has 0 saturated carbocycles. The van der Waals surface area contributed by atoms with E-state index in [2.05, 4.69) is 27.1 Å². The number of carbonyl (C=O) groups excluding carboxylic acids is 2. The number of nitrogens with one attached hydrogen (secondary N) is 1. The number of carboxylic acids is 1. The number of benzene rings is 1. The minimum absolute atomic E-state index is 0.0121. The molecule has 42 heavy (non-hydrogen) atoms. The van der Waals surface area contributed by atoms with Crippen LogP contribution < -0.4 is 11.1 Å². The summed E-state index contributed by atoms with van der Waals surface area (Å²) in [6.07, 6.45) is 5.47. The highest BCUT2D eigenvalue weighted by Gasteiger charge is 2.22. The molecule has 1 fully saturated rings. The Morgan fingerprint density at radius 3 is 2.60 bits per heavy atom. The lowest BCUT2D eigenvalue weighted by Crippen LogP contribution is -2.42. The van der Waals surface area contributed by atoms with Gasteiger partial charge in [-0.1, -0.05) is 44.0 Å². The fourth-order valence-electron chi connectivity index (χ4n) is 5.35. The molecule has 4 N–H and O–H groups in total. The number of nitrogens with zero attached hydrogens (tertiary/aromatic N) is 5. The minimum atomic E-state index is -0.888. The number of aliphatic carboxylic acids is 1. The number of hydrogen-bond donors (Lipinski definition) is 3. The van der Waals surface area contributed by atoms with Crippen molar-refractivity contribution in [2.75, 3.05) is 56.9 Å². The maximum absolute atomic E-state index is 13.7. The van der Waals surface area contributed by atoms with Crippen molar-refractivity contribution in [3.05, 3.63) is 46.6 Å². The van der Waals surface area contributed by atoms with Gasteiger partial charge in [0.15, 0.2) is 0 Å². The first-order valence-electron chi connectivity index (χ1n) is 15.1. The molecular weight excluding hydrogens is 534 g/mol. The number of aryl methyl sites for hydroxylation is 1. The van der Waals surface area contributed by atoms with E-state index in [1.165, 1.54) is 0 Å². The van der Waals surface area contributed by atoms with E-state index < -0.39 is 5.97 Å². The standard InChI is InChI=1S/C31H47N7O4/c1-4-5-6-13-33-30-27(23(2)34-31(32)35-30)12-8-15-38(21-26-11-7-10-25(19-26)20-29(41)42)28(40)22-36-14-9-16-37(18-17-36)24(3)39/h7,10-11,19H,4-6,8-9,12-18,20-22H2,1-3H3,(H,41,42)(H3,32,33,34,35). The largest absolute Gasteiger partial charge is 0.481 e. The predicted octanol–water partition coefficient (Wildman–Crippen LogP) is 3.11. The predicted molar refractivity (Wildman–Crippen MR) is 164 cm³/mol. The highest BCUT2D eigenvalue weighted by atomic mass is 16.4. The zero-order valence-corrected chi connectivity index (χ0v) is 25.4. The van der Waals surface area contributed by atoms with Crippen LogP contribution in [0.3, 0.4) is 0 Å². The summed E-state index contributed by atoms with van der Waals surface area (Å²) in [5.41, 5.74) is 9.39. The molecule has 1 saturated heterocycles. The Bertz CT molecular complexity index is 1210. The first kappa shape index (κ1) is 32.8. The van der Waals surface area contributed by atoms with Gasteiger partial charge in [-0.2, -0.15) is 4.98 Å². The maximum atomic E-state index is 13.7. The summed E-state index contributed by atoms with van der Waals surface area (Å²) >= 11 is 0. The zero-order chi connectivity index (χ0) is 30.5. The van der Waals surface area contributed by atoms with Gasteiger partial charge in [0.25, 0.3) is 0 Å². The van der Waals surface area contributed by atoms with Crippen LogP contribution in [0.25, 0.3) is 0 Å². The normalized spacial score (nSPS) is 13.9. The average molecular weight is 582 g/mol. The molecule has 11 nitrogen and oxygen atoms in total. The number of amides is 2. The van der Waals surface area contributed by atoms with Crippen LogP contribution in [0.1, 0.15) is 68.3 Å². The lowest BCUT2D eigenvalue weighted by atomic mass is 10.1. The van der Waals surface area contributed by atoms with Crippen LogP contribution in [0.15, 0.2) is 24.3 Å². The highest BCUT2D eigenvalue weighted by molar-refractivity contribution is 5.78. The number of rotatable bonds is 15. The lowest BCUT2D eigenvalue weighted by molar-refractivity contribution is -0.136. The Morgan fingerprint density at radius 2 is 1.86 bits per heavy atom. The molecule has 0 radical (unpaired) electrons. The van der Waals surface area contributed by atoms with E-state index >= 15 is 0 Å². The van der Waals surface area contributed by atoms with Gasteiger partial charge < -0.3 is 26.0 Å². The fraction of sp³-hybridized carbons (Fsp3) is 0.581. The first-order valence-corrected chi connectivity index (χ1v) is 15.1. The molecule has 1 aromatic carbocycles. The third-order valence-electron chi connectivity index (χ3n) is 7.62. The van der Waals surface area contributed by atoms with Crippen molar-refractivity contribution in [1.82, 2.24) is 24.7 Å². The molecule has 2 aromatic rings. The van der Waals surface area contributed by atoms with Gasteiger partial charge in [0.1, 0.15) is 5.82 Å². The molecule has 0 spiro atoms. The molecule has 1 aliphatic heterocycles. The Hall–Kier alpha value is -3.73. The minimum Gasteiger partial charge on any atom is -0.481 e. The Kier molecular flexibility index (Phi) is 13.0. The van der Waals surface area contributed by atoms with Crippen LogP contribution in [0.2, 0.25) is 0 Å². The van der Waals surface area contributed by atoms with Crippen molar-refractivity contribution < 1.29 is 19.5 Å². The van der Waals surface area contributed by atoms with Crippen molar-refractivity contribution in [2.45, 2.75) is 72.3 Å². The summed E-state index contributed by atoms with van der Waals surface area (Å²) in [6.45, 7) is 10.4. The van der Waals surface area contributed by atoms with Crippen LogP contribution >= 0.6 is 0 Å². The number of hydrogen-bond acceptors (Lipinski definition) is 8. The summed E-state index contributed by atoms with van der Waals surface area (Å²) in [6, 6.07) is 7.42. The second-order valence-corrected chi connectivity index (χ2v) is 11.1. The molecule has 2 heterocycles. The summed E-state index contributed by atoms with van der Waals surface area (Å²) in [5, 5.41) is 12.7. The van der Waals surface area contributed by atoms with Crippen molar-refractivity contribution in [3.8, 4) is 0 Å². The van der Waals surface area contributed by atoms with Crippen molar-refractivity contribution in [2.24, 2.45) is 0 Å². The second kappa shape index (κ2) is 16.6. The molecule has 0 unspecified atom stereocenters. The zero-order valence-electron chi connectivity index (χ0n) is 25.4. The van der Waals surface area contributed by atoms with Gasteiger partial charge in [0, 0.05) is 64.0 Å². The van der Waals surface area contributed by atoms with E-state index in [9.17, 15) is 19.5 Å². The van der Waals surface area contributed by atoms with Crippen LogP contribution in [-0.2, 0) is 33.8 Å². The van der Waals surface area contributed by atoms with Gasteiger partial charge in [-0.05, 0) is 43.7 Å². The van der Waals surface area contributed by atoms with E-state index in [1.807, 2.05) is 34.9 Å².